The molecule has 102 valence electrons. The van der Waals surface area contributed by atoms with Crippen molar-refractivity contribution < 1.29 is 0 Å². The highest BCUT2D eigenvalue weighted by Crippen LogP contribution is 2.25. The molecule has 0 heterocycles. The molecule has 0 bridgehead atoms. The van der Waals surface area contributed by atoms with Crippen molar-refractivity contribution in [3.8, 4) is 0 Å². The molecule has 1 aromatic rings. The van der Waals surface area contributed by atoms with Gasteiger partial charge in [0.25, 0.3) is 0 Å². The van der Waals surface area contributed by atoms with Crippen LogP contribution in [0.4, 0.5) is 0 Å². The van der Waals surface area contributed by atoms with Gasteiger partial charge in [-0.2, -0.15) is 0 Å². The van der Waals surface area contributed by atoms with Crippen LogP contribution in [0.2, 0.25) is 0 Å². The van der Waals surface area contributed by atoms with Crippen LogP contribution in [-0.4, -0.2) is 25.7 Å². The second-order valence-electron chi connectivity index (χ2n) is 5.98. The highest BCUT2D eigenvalue weighted by atomic mass is 15.0. The van der Waals surface area contributed by atoms with E-state index >= 15 is 0 Å². The van der Waals surface area contributed by atoms with Crippen LogP contribution in [0, 0.1) is 6.92 Å². The average molecular weight is 248 g/mol. The van der Waals surface area contributed by atoms with Crippen molar-refractivity contribution in [1.82, 2.24) is 10.6 Å². The highest BCUT2D eigenvalue weighted by molar-refractivity contribution is 5.32. The maximum Gasteiger partial charge on any atom is 0.00791 e. The molecule has 0 spiro atoms. The van der Waals surface area contributed by atoms with Gasteiger partial charge in [0.2, 0.25) is 0 Å². The van der Waals surface area contributed by atoms with E-state index in [1.807, 2.05) is 0 Å². The van der Waals surface area contributed by atoms with Gasteiger partial charge in [0.15, 0.2) is 0 Å². The molecule has 2 heteroatoms. The Morgan fingerprint density at radius 1 is 1.11 bits per heavy atom. The Kier molecular flexibility index (Phi) is 5.83. The fourth-order valence-corrected chi connectivity index (χ4v) is 2.28. The number of benzene rings is 1. The smallest absolute Gasteiger partial charge is 0.00791 e. The molecule has 1 rings (SSSR count). The van der Waals surface area contributed by atoms with Gasteiger partial charge >= 0.3 is 0 Å². The van der Waals surface area contributed by atoms with Crippen LogP contribution in [0.3, 0.4) is 0 Å². The van der Waals surface area contributed by atoms with Crippen molar-refractivity contribution in [2.45, 2.75) is 46.1 Å². The molecule has 18 heavy (non-hydrogen) atoms. The van der Waals surface area contributed by atoms with Crippen molar-refractivity contribution in [3.05, 3.63) is 35.4 Å². The van der Waals surface area contributed by atoms with Crippen LogP contribution >= 0.6 is 0 Å². The van der Waals surface area contributed by atoms with Crippen molar-refractivity contribution >= 4 is 0 Å². The predicted octanol–water partition coefficient (Wildman–Crippen LogP) is 2.86. The second kappa shape index (κ2) is 6.91. The van der Waals surface area contributed by atoms with Crippen LogP contribution in [0.25, 0.3) is 0 Å². The monoisotopic (exact) mass is 248 g/mol. The van der Waals surface area contributed by atoms with Gasteiger partial charge in [0.05, 0.1) is 0 Å². The van der Waals surface area contributed by atoms with Crippen LogP contribution in [0.5, 0.6) is 0 Å². The molecule has 2 N–H and O–H groups in total. The summed E-state index contributed by atoms with van der Waals surface area (Å²) in [5, 5.41) is 6.96. The highest BCUT2D eigenvalue weighted by Gasteiger charge is 2.21. The molecule has 0 saturated heterocycles. The standard InChI is InChI=1S/C16H28N2/c1-13(2)18-11-10-17-12-16(4,5)15-9-7-6-8-14(15)3/h6-9,13,17-18H,10-12H2,1-5H3. The average Bonchev–Trinajstić information content (AvgIpc) is 2.28. The minimum absolute atomic E-state index is 0.184. The topological polar surface area (TPSA) is 24.1 Å². The van der Waals surface area contributed by atoms with E-state index in [0.717, 1.165) is 19.6 Å². The third kappa shape index (κ3) is 4.79. The lowest BCUT2D eigenvalue weighted by Crippen LogP contribution is -2.38. The van der Waals surface area contributed by atoms with E-state index in [1.165, 1.54) is 11.1 Å². The Bertz CT molecular complexity index is 356. The van der Waals surface area contributed by atoms with Gasteiger partial charge in [-0.05, 0) is 18.1 Å². The zero-order chi connectivity index (χ0) is 13.6. The molecule has 0 aliphatic carbocycles. The predicted molar refractivity (Wildman–Crippen MR) is 80.2 cm³/mol. The molecule has 0 saturated carbocycles. The lowest BCUT2D eigenvalue weighted by atomic mass is 9.82. The Morgan fingerprint density at radius 3 is 2.39 bits per heavy atom. The van der Waals surface area contributed by atoms with Gasteiger partial charge in [-0.3, -0.25) is 0 Å². The fraction of sp³-hybridized carbons (Fsp3) is 0.625. The summed E-state index contributed by atoms with van der Waals surface area (Å²) in [5.74, 6) is 0. The SMILES string of the molecule is Cc1ccccc1C(C)(C)CNCCNC(C)C. The third-order valence-corrected chi connectivity index (χ3v) is 3.30. The number of nitrogens with one attached hydrogen (secondary N) is 2. The summed E-state index contributed by atoms with van der Waals surface area (Å²) in [6.07, 6.45) is 0. The molecule has 0 unspecified atom stereocenters. The normalized spacial score (nSPS) is 12.1. The first-order valence-electron chi connectivity index (χ1n) is 6.93. The maximum absolute atomic E-state index is 3.54. The van der Waals surface area contributed by atoms with E-state index in [2.05, 4.69) is 69.5 Å². The number of aryl methyl sites for hydroxylation is 1. The first-order valence-corrected chi connectivity index (χ1v) is 6.93. The summed E-state index contributed by atoms with van der Waals surface area (Å²) in [6, 6.07) is 9.23. The Labute approximate surface area is 112 Å². The van der Waals surface area contributed by atoms with Gasteiger partial charge < -0.3 is 10.6 Å². The third-order valence-electron chi connectivity index (χ3n) is 3.30. The summed E-state index contributed by atoms with van der Waals surface area (Å²) >= 11 is 0. The van der Waals surface area contributed by atoms with E-state index in [9.17, 15) is 0 Å². The molecule has 0 atom stereocenters. The van der Waals surface area contributed by atoms with E-state index in [1.54, 1.807) is 0 Å². The summed E-state index contributed by atoms with van der Waals surface area (Å²) in [6.45, 7) is 14.2. The van der Waals surface area contributed by atoms with Gasteiger partial charge in [-0.15, -0.1) is 0 Å². The van der Waals surface area contributed by atoms with Crippen molar-refractivity contribution in [2.75, 3.05) is 19.6 Å². The van der Waals surface area contributed by atoms with Crippen LogP contribution in [0.1, 0.15) is 38.8 Å². The van der Waals surface area contributed by atoms with Gasteiger partial charge in [0.1, 0.15) is 0 Å². The Balaban J connectivity index is 2.43. The molecule has 2 nitrogen and oxygen atoms in total. The second-order valence-corrected chi connectivity index (χ2v) is 5.98. The first-order chi connectivity index (χ1) is 8.43. The fourth-order valence-electron chi connectivity index (χ4n) is 2.28. The zero-order valence-electron chi connectivity index (χ0n) is 12.5. The van der Waals surface area contributed by atoms with Gasteiger partial charge in [-0.25, -0.2) is 0 Å². The van der Waals surface area contributed by atoms with E-state index in [4.69, 9.17) is 0 Å². The molecule has 0 aliphatic heterocycles. The molecule has 0 fully saturated rings. The Morgan fingerprint density at radius 2 is 1.78 bits per heavy atom. The molecular weight excluding hydrogens is 220 g/mol. The molecule has 1 aromatic carbocycles. The van der Waals surface area contributed by atoms with E-state index in [-0.39, 0.29) is 5.41 Å². The minimum Gasteiger partial charge on any atom is -0.315 e. The number of hydrogen-bond donors (Lipinski definition) is 2. The Hall–Kier alpha value is -0.860. The van der Waals surface area contributed by atoms with Gasteiger partial charge in [-0.1, -0.05) is 52.0 Å². The summed E-state index contributed by atoms with van der Waals surface area (Å²) in [7, 11) is 0. The zero-order valence-corrected chi connectivity index (χ0v) is 12.5. The molecule has 0 amide bonds. The van der Waals surface area contributed by atoms with Gasteiger partial charge in [0, 0.05) is 31.1 Å². The van der Waals surface area contributed by atoms with E-state index in [0.29, 0.717) is 6.04 Å². The quantitative estimate of drug-likeness (QED) is 0.725. The minimum atomic E-state index is 0.184. The van der Waals surface area contributed by atoms with Crippen LogP contribution < -0.4 is 10.6 Å². The maximum atomic E-state index is 3.54. The summed E-state index contributed by atoms with van der Waals surface area (Å²) < 4.78 is 0. The number of hydrogen-bond acceptors (Lipinski definition) is 2. The van der Waals surface area contributed by atoms with Crippen molar-refractivity contribution in [2.24, 2.45) is 0 Å². The largest absolute Gasteiger partial charge is 0.315 e. The molecule has 0 aromatic heterocycles. The summed E-state index contributed by atoms with van der Waals surface area (Å²) in [5.41, 5.74) is 3.00. The van der Waals surface area contributed by atoms with Crippen LogP contribution in [-0.2, 0) is 5.41 Å². The van der Waals surface area contributed by atoms with Crippen molar-refractivity contribution in [3.63, 3.8) is 0 Å². The van der Waals surface area contributed by atoms with Crippen molar-refractivity contribution in [1.29, 1.82) is 0 Å². The lowest BCUT2D eigenvalue weighted by molar-refractivity contribution is 0.457. The van der Waals surface area contributed by atoms with E-state index < -0.39 is 0 Å². The number of rotatable bonds is 7. The lowest BCUT2D eigenvalue weighted by Gasteiger charge is -2.27. The molecular formula is C16H28N2. The summed E-state index contributed by atoms with van der Waals surface area (Å²) in [4.78, 5) is 0. The molecule has 0 aliphatic rings. The first kappa shape index (κ1) is 15.2. The molecule has 0 radical (unpaired) electrons. The van der Waals surface area contributed by atoms with Crippen LogP contribution in [0.15, 0.2) is 24.3 Å².